The first kappa shape index (κ1) is 24.8. The first-order valence-electron chi connectivity index (χ1n) is 10.9. The van der Waals surface area contributed by atoms with Gasteiger partial charge >= 0.3 is 0 Å². The van der Waals surface area contributed by atoms with Crippen molar-refractivity contribution >= 4 is 49.9 Å². The van der Waals surface area contributed by atoms with Crippen LogP contribution in [0, 0.1) is 13.8 Å². The number of aromatic nitrogens is 3. The Morgan fingerprint density at radius 2 is 1.81 bits per heavy atom. The first-order valence-corrected chi connectivity index (χ1v) is 13.4. The molecule has 9 heteroatoms. The van der Waals surface area contributed by atoms with E-state index >= 15 is 0 Å². The molecule has 0 unspecified atom stereocenters. The number of nitrogens with two attached hydrogens (primary N) is 1. The minimum atomic E-state index is -3.45. The smallest absolute Gasteiger partial charge is 0.179 e. The average Bonchev–Trinajstić information content (AvgIpc) is 3.09. The number of fused-ring (bicyclic) bond motifs is 1. The Kier molecular flexibility index (Phi) is 8.06. The highest BCUT2D eigenvalue weighted by molar-refractivity contribution is 7.91. The summed E-state index contributed by atoms with van der Waals surface area (Å²) in [7, 11) is -3.45. The summed E-state index contributed by atoms with van der Waals surface area (Å²) in [5.41, 5.74) is 9.97. The number of unbranched alkanes of at least 4 members (excludes halogenated alkanes) is 3. The summed E-state index contributed by atoms with van der Waals surface area (Å²) in [5, 5.41) is 0.585. The summed E-state index contributed by atoms with van der Waals surface area (Å²) in [6.45, 7) is 6.93. The molecule has 0 fully saturated rings. The van der Waals surface area contributed by atoms with Crippen LogP contribution in [0.4, 0.5) is 5.82 Å². The molecule has 0 bridgehead atoms. The van der Waals surface area contributed by atoms with Crippen molar-refractivity contribution in [3.8, 4) is 0 Å². The summed E-state index contributed by atoms with van der Waals surface area (Å²) in [5.74, 6) is 1.53. The van der Waals surface area contributed by atoms with E-state index in [4.69, 9.17) is 33.9 Å². The van der Waals surface area contributed by atoms with Gasteiger partial charge in [0.05, 0.1) is 21.2 Å². The Hall–Kier alpha value is -1.83. The largest absolute Gasteiger partial charge is 0.382 e. The lowest BCUT2D eigenvalue weighted by atomic mass is 10.1. The van der Waals surface area contributed by atoms with Gasteiger partial charge in [-0.3, -0.25) is 0 Å². The average molecular weight is 497 g/mol. The molecule has 0 saturated carbocycles. The number of hydrogen-bond acceptors (Lipinski definition) is 5. The van der Waals surface area contributed by atoms with Gasteiger partial charge in [0.1, 0.15) is 11.3 Å². The summed E-state index contributed by atoms with van der Waals surface area (Å²) < 4.78 is 27.6. The molecule has 0 saturated heterocycles. The highest BCUT2D eigenvalue weighted by atomic mass is 35.5. The van der Waals surface area contributed by atoms with Crippen molar-refractivity contribution in [3.05, 3.63) is 45.3 Å². The van der Waals surface area contributed by atoms with E-state index in [-0.39, 0.29) is 15.7 Å². The molecule has 174 valence electrons. The lowest BCUT2D eigenvalue weighted by molar-refractivity contribution is 0.569. The van der Waals surface area contributed by atoms with E-state index in [0.29, 0.717) is 17.3 Å². The fourth-order valence-corrected chi connectivity index (χ4v) is 6.09. The van der Waals surface area contributed by atoms with Crippen molar-refractivity contribution < 1.29 is 8.42 Å². The number of nitrogen functional groups attached to an aromatic ring is 1. The van der Waals surface area contributed by atoms with Gasteiger partial charge in [-0.15, -0.1) is 0 Å². The third kappa shape index (κ3) is 5.38. The molecule has 0 radical (unpaired) electrons. The maximum atomic E-state index is 12.7. The SMILES string of the molecule is CCCCc1nc2c(N)nc(C)c(C)c2n1CCCCCS(=O)(=O)c1ccc(Cl)cc1Cl. The van der Waals surface area contributed by atoms with Gasteiger partial charge in [-0.25, -0.2) is 18.4 Å². The van der Waals surface area contributed by atoms with Gasteiger partial charge in [0.2, 0.25) is 0 Å². The number of aryl methyl sites for hydroxylation is 4. The third-order valence-electron chi connectivity index (χ3n) is 5.75. The highest BCUT2D eigenvalue weighted by Crippen LogP contribution is 2.28. The normalized spacial score (nSPS) is 12.0. The summed E-state index contributed by atoms with van der Waals surface area (Å²) in [6, 6.07) is 4.48. The van der Waals surface area contributed by atoms with Crippen molar-refractivity contribution in [2.75, 3.05) is 11.5 Å². The van der Waals surface area contributed by atoms with Crippen molar-refractivity contribution in [1.29, 1.82) is 0 Å². The van der Waals surface area contributed by atoms with Gasteiger partial charge in [-0.1, -0.05) is 43.0 Å². The maximum Gasteiger partial charge on any atom is 0.179 e. The molecule has 0 spiro atoms. The van der Waals surface area contributed by atoms with E-state index in [9.17, 15) is 8.42 Å². The number of rotatable bonds is 10. The highest BCUT2D eigenvalue weighted by Gasteiger charge is 2.19. The number of anilines is 1. The molecule has 0 aliphatic carbocycles. The lowest BCUT2D eigenvalue weighted by Gasteiger charge is -2.12. The Morgan fingerprint density at radius 1 is 1.06 bits per heavy atom. The van der Waals surface area contributed by atoms with Crippen LogP contribution in [0.3, 0.4) is 0 Å². The zero-order valence-electron chi connectivity index (χ0n) is 18.8. The quantitative estimate of drug-likeness (QED) is 0.351. The Morgan fingerprint density at radius 3 is 2.50 bits per heavy atom. The second kappa shape index (κ2) is 10.4. The fraction of sp³-hybridized carbons (Fsp3) is 0.478. The van der Waals surface area contributed by atoms with E-state index in [1.807, 2.05) is 13.8 Å². The number of nitrogens with zero attached hydrogens (tertiary/aromatic N) is 3. The molecule has 0 amide bonds. The van der Waals surface area contributed by atoms with Crippen LogP contribution in [-0.2, 0) is 22.8 Å². The molecule has 2 aromatic heterocycles. The number of hydrogen-bond donors (Lipinski definition) is 1. The van der Waals surface area contributed by atoms with Crippen LogP contribution in [0.5, 0.6) is 0 Å². The van der Waals surface area contributed by atoms with Gasteiger partial charge in [0, 0.05) is 23.7 Å². The molecule has 32 heavy (non-hydrogen) atoms. The standard InChI is InChI=1S/C23H30Cl2N4O2S/c1-4-5-9-20-28-21-22(15(2)16(3)27-23(21)26)29(20)12-7-6-8-13-32(30,31)19-11-10-17(24)14-18(19)25/h10-11,14H,4-9,12-13H2,1-3H3,(H2,26,27). The molecule has 1 aromatic carbocycles. The van der Waals surface area contributed by atoms with E-state index in [2.05, 4.69) is 16.5 Å². The molecule has 2 heterocycles. The van der Waals surface area contributed by atoms with Crippen molar-refractivity contribution in [1.82, 2.24) is 14.5 Å². The minimum Gasteiger partial charge on any atom is -0.382 e. The molecular formula is C23H30Cl2N4O2S. The van der Waals surface area contributed by atoms with Crippen LogP contribution in [0.25, 0.3) is 11.0 Å². The zero-order valence-corrected chi connectivity index (χ0v) is 21.1. The van der Waals surface area contributed by atoms with Crippen LogP contribution in [-0.4, -0.2) is 28.7 Å². The number of halogens is 2. The van der Waals surface area contributed by atoms with Crippen molar-refractivity contribution in [2.24, 2.45) is 0 Å². The number of benzene rings is 1. The van der Waals surface area contributed by atoms with Gasteiger partial charge in [-0.2, -0.15) is 0 Å². The Labute approximate surface area is 200 Å². The Bertz CT molecular complexity index is 1220. The number of sulfone groups is 1. The van der Waals surface area contributed by atoms with Crippen molar-refractivity contribution in [2.45, 2.75) is 70.7 Å². The van der Waals surface area contributed by atoms with Crippen LogP contribution in [0.2, 0.25) is 10.0 Å². The van der Waals surface area contributed by atoms with Crippen LogP contribution in [0.1, 0.15) is 56.1 Å². The summed E-state index contributed by atoms with van der Waals surface area (Å²) in [6.07, 6.45) is 5.19. The van der Waals surface area contributed by atoms with Gasteiger partial charge in [-0.05, 0) is 56.9 Å². The molecule has 0 aliphatic rings. The lowest BCUT2D eigenvalue weighted by Crippen LogP contribution is -2.09. The molecule has 6 nitrogen and oxygen atoms in total. The molecule has 0 aliphatic heterocycles. The van der Waals surface area contributed by atoms with E-state index in [1.54, 1.807) is 6.07 Å². The number of imidazole rings is 1. The second-order valence-corrected chi connectivity index (χ2v) is 11.1. The van der Waals surface area contributed by atoms with E-state index < -0.39 is 9.84 Å². The topological polar surface area (TPSA) is 90.9 Å². The summed E-state index contributed by atoms with van der Waals surface area (Å²) in [4.78, 5) is 9.37. The fourth-order valence-electron chi connectivity index (χ4n) is 3.89. The number of pyridine rings is 1. The van der Waals surface area contributed by atoms with Gasteiger partial charge < -0.3 is 10.3 Å². The molecule has 3 rings (SSSR count). The monoisotopic (exact) mass is 496 g/mol. The second-order valence-electron chi connectivity index (χ2n) is 8.14. The third-order valence-corrected chi connectivity index (χ3v) is 8.27. The molecule has 0 atom stereocenters. The van der Waals surface area contributed by atoms with Crippen LogP contribution < -0.4 is 5.73 Å². The first-order chi connectivity index (χ1) is 15.2. The van der Waals surface area contributed by atoms with Crippen LogP contribution >= 0.6 is 23.2 Å². The zero-order chi connectivity index (χ0) is 23.5. The van der Waals surface area contributed by atoms with Gasteiger partial charge in [0.15, 0.2) is 15.7 Å². The molecular weight excluding hydrogens is 467 g/mol. The predicted molar refractivity (Wildman–Crippen MR) is 132 cm³/mol. The summed E-state index contributed by atoms with van der Waals surface area (Å²) >= 11 is 12.0. The molecule has 3 aromatic rings. The van der Waals surface area contributed by atoms with Gasteiger partial charge in [0.25, 0.3) is 0 Å². The van der Waals surface area contributed by atoms with Crippen molar-refractivity contribution in [3.63, 3.8) is 0 Å². The Balaban J connectivity index is 1.71. The van der Waals surface area contributed by atoms with Crippen LogP contribution in [0.15, 0.2) is 23.1 Å². The molecule has 2 N–H and O–H groups in total. The predicted octanol–water partition coefficient (Wildman–Crippen LogP) is 5.92. The minimum absolute atomic E-state index is 0.0523. The van der Waals surface area contributed by atoms with E-state index in [1.165, 1.54) is 12.1 Å². The van der Waals surface area contributed by atoms with E-state index in [0.717, 1.165) is 66.8 Å². The maximum absolute atomic E-state index is 12.7.